The molecule has 2 aliphatic heterocycles. The number of morpholine rings is 1. The van der Waals surface area contributed by atoms with Crippen LogP contribution in [0, 0.1) is 5.82 Å². The number of ether oxygens (including phenoxy) is 1. The first-order valence-electron chi connectivity index (χ1n) is 9.10. The van der Waals surface area contributed by atoms with Crippen LogP contribution in [0.1, 0.15) is 18.4 Å². The third kappa shape index (κ3) is 3.64. The van der Waals surface area contributed by atoms with E-state index < -0.39 is 0 Å². The van der Waals surface area contributed by atoms with Gasteiger partial charge in [0.1, 0.15) is 12.4 Å². The van der Waals surface area contributed by atoms with E-state index in [-0.39, 0.29) is 23.9 Å². The predicted molar refractivity (Wildman–Crippen MR) is 98.4 cm³/mol. The summed E-state index contributed by atoms with van der Waals surface area (Å²) in [6, 6.07) is 16.7. The zero-order valence-corrected chi connectivity index (χ0v) is 14.7. The lowest BCUT2D eigenvalue weighted by Crippen LogP contribution is -2.58. The molecular formula is C21H23FN2O2. The minimum Gasteiger partial charge on any atom is -0.363 e. The highest BCUT2D eigenvalue weighted by atomic mass is 19.1. The van der Waals surface area contributed by atoms with Gasteiger partial charge in [-0.05, 0) is 36.6 Å². The Morgan fingerprint density at radius 2 is 1.81 bits per heavy atom. The number of nitrogens with zero attached hydrogens (tertiary/aromatic N) is 2. The second-order valence-electron chi connectivity index (χ2n) is 7.19. The summed E-state index contributed by atoms with van der Waals surface area (Å²) < 4.78 is 19.6. The number of benzene rings is 2. The monoisotopic (exact) mass is 354 g/mol. The lowest BCUT2D eigenvalue weighted by atomic mass is 9.88. The lowest BCUT2D eigenvalue weighted by Gasteiger charge is -2.47. The van der Waals surface area contributed by atoms with Crippen LogP contribution in [-0.2, 0) is 16.1 Å². The van der Waals surface area contributed by atoms with Gasteiger partial charge < -0.3 is 9.64 Å². The van der Waals surface area contributed by atoms with E-state index in [1.54, 1.807) is 17.0 Å². The molecule has 26 heavy (non-hydrogen) atoms. The fourth-order valence-corrected chi connectivity index (χ4v) is 3.86. The number of halogens is 1. The maximum atomic E-state index is 13.6. The summed E-state index contributed by atoms with van der Waals surface area (Å²) in [7, 11) is 0. The van der Waals surface area contributed by atoms with E-state index in [9.17, 15) is 9.18 Å². The second kappa shape index (κ2) is 7.17. The molecule has 2 aromatic carbocycles. The number of carbonyl (C=O) groups is 1. The molecule has 2 aliphatic rings. The second-order valence-corrected chi connectivity index (χ2v) is 7.19. The molecule has 2 saturated heterocycles. The third-order valence-corrected chi connectivity index (χ3v) is 5.39. The molecule has 2 fully saturated rings. The Morgan fingerprint density at radius 1 is 1.04 bits per heavy atom. The van der Waals surface area contributed by atoms with Crippen LogP contribution in [0.25, 0.3) is 0 Å². The molecular weight excluding hydrogens is 331 g/mol. The Labute approximate surface area is 153 Å². The average Bonchev–Trinajstić information content (AvgIpc) is 2.67. The van der Waals surface area contributed by atoms with Crippen LogP contribution in [0.4, 0.5) is 10.1 Å². The first-order valence-corrected chi connectivity index (χ1v) is 9.10. The molecule has 2 aromatic rings. The molecule has 1 spiro atoms. The number of hydrogen-bond acceptors (Lipinski definition) is 3. The van der Waals surface area contributed by atoms with Crippen molar-refractivity contribution in [1.82, 2.24) is 4.90 Å². The number of piperidine rings is 1. The minimum absolute atomic E-state index is 0.0647. The Morgan fingerprint density at radius 3 is 2.54 bits per heavy atom. The van der Waals surface area contributed by atoms with Crippen LogP contribution in [0.3, 0.4) is 0 Å². The van der Waals surface area contributed by atoms with Crippen LogP contribution in [-0.4, -0.2) is 42.6 Å². The van der Waals surface area contributed by atoms with Crippen molar-refractivity contribution in [3.05, 3.63) is 66.0 Å². The third-order valence-electron chi connectivity index (χ3n) is 5.39. The highest BCUT2D eigenvalue weighted by Crippen LogP contribution is 2.33. The summed E-state index contributed by atoms with van der Waals surface area (Å²) in [5, 5.41) is 0. The fraction of sp³-hybridized carbons (Fsp3) is 0.381. The quantitative estimate of drug-likeness (QED) is 0.848. The molecule has 2 heterocycles. The van der Waals surface area contributed by atoms with Crippen molar-refractivity contribution in [2.24, 2.45) is 0 Å². The van der Waals surface area contributed by atoms with Crippen LogP contribution in [0.2, 0.25) is 0 Å². The highest BCUT2D eigenvalue weighted by molar-refractivity contribution is 5.95. The zero-order chi connectivity index (χ0) is 18.0. The number of rotatable bonds is 3. The maximum Gasteiger partial charge on any atom is 0.253 e. The van der Waals surface area contributed by atoms with Crippen LogP contribution >= 0.6 is 0 Å². The van der Waals surface area contributed by atoms with Crippen molar-refractivity contribution in [3.8, 4) is 0 Å². The van der Waals surface area contributed by atoms with Gasteiger partial charge in [0.2, 0.25) is 0 Å². The number of likely N-dealkylation sites (tertiary alicyclic amines) is 1. The Balaban J connectivity index is 1.42. The predicted octanol–water partition coefficient (Wildman–Crippen LogP) is 3.22. The van der Waals surface area contributed by atoms with Crippen LogP contribution in [0.5, 0.6) is 0 Å². The van der Waals surface area contributed by atoms with E-state index in [1.807, 2.05) is 6.07 Å². The molecule has 0 aromatic heterocycles. The number of anilines is 1. The summed E-state index contributed by atoms with van der Waals surface area (Å²) >= 11 is 0. The molecule has 0 unspecified atom stereocenters. The molecule has 0 N–H and O–H groups in total. The first kappa shape index (κ1) is 17.2. The molecule has 0 bridgehead atoms. The van der Waals surface area contributed by atoms with Crippen molar-refractivity contribution in [1.29, 1.82) is 0 Å². The maximum absolute atomic E-state index is 13.6. The lowest BCUT2D eigenvalue weighted by molar-refractivity contribution is -0.144. The van der Waals surface area contributed by atoms with Gasteiger partial charge in [0.05, 0.1) is 12.1 Å². The SMILES string of the molecule is O=C1COC2(CCN(Cc3ccccc3)CC2)CN1c1cccc(F)c1. The number of carbonyl (C=O) groups excluding carboxylic acids is 1. The normalized spacial score (nSPS) is 20.5. The molecule has 136 valence electrons. The Kier molecular flexibility index (Phi) is 4.74. The van der Waals surface area contributed by atoms with Crippen molar-refractivity contribution in [3.63, 3.8) is 0 Å². The van der Waals surface area contributed by atoms with Crippen molar-refractivity contribution < 1.29 is 13.9 Å². The largest absolute Gasteiger partial charge is 0.363 e. The minimum atomic E-state index is -0.326. The summed E-state index contributed by atoms with van der Waals surface area (Å²) in [4.78, 5) is 16.4. The topological polar surface area (TPSA) is 32.8 Å². The van der Waals surface area contributed by atoms with E-state index in [0.29, 0.717) is 12.2 Å². The smallest absolute Gasteiger partial charge is 0.253 e. The molecule has 1 amide bonds. The molecule has 0 radical (unpaired) electrons. The van der Waals surface area contributed by atoms with Gasteiger partial charge in [-0.1, -0.05) is 36.4 Å². The highest BCUT2D eigenvalue weighted by Gasteiger charge is 2.42. The van der Waals surface area contributed by atoms with Gasteiger partial charge in [0.25, 0.3) is 5.91 Å². The van der Waals surface area contributed by atoms with Crippen molar-refractivity contribution in [2.75, 3.05) is 31.1 Å². The summed E-state index contributed by atoms with van der Waals surface area (Å²) in [5.41, 5.74) is 1.60. The zero-order valence-electron chi connectivity index (χ0n) is 14.7. The van der Waals surface area contributed by atoms with E-state index in [0.717, 1.165) is 32.5 Å². The van der Waals surface area contributed by atoms with Gasteiger partial charge in [0, 0.05) is 25.3 Å². The van der Waals surface area contributed by atoms with Gasteiger partial charge in [-0.3, -0.25) is 9.69 Å². The molecule has 5 heteroatoms. The average molecular weight is 354 g/mol. The van der Waals surface area contributed by atoms with E-state index in [1.165, 1.54) is 17.7 Å². The summed E-state index contributed by atoms with van der Waals surface area (Å²) in [5.74, 6) is -0.429. The fourth-order valence-electron chi connectivity index (χ4n) is 3.86. The standard InChI is InChI=1S/C21H23FN2O2/c22-18-7-4-8-19(13-18)24-16-21(26-15-20(24)25)9-11-23(12-10-21)14-17-5-2-1-3-6-17/h1-8,13H,9-12,14-16H2. The van der Waals surface area contributed by atoms with Crippen LogP contribution in [0.15, 0.2) is 54.6 Å². The van der Waals surface area contributed by atoms with Gasteiger partial charge in [-0.15, -0.1) is 0 Å². The molecule has 0 atom stereocenters. The van der Waals surface area contributed by atoms with E-state index in [4.69, 9.17) is 4.74 Å². The molecule has 4 rings (SSSR count). The van der Waals surface area contributed by atoms with Crippen LogP contribution < -0.4 is 4.90 Å². The Bertz CT molecular complexity index is 773. The number of hydrogen-bond donors (Lipinski definition) is 0. The summed E-state index contributed by atoms with van der Waals surface area (Å²) in [6.45, 7) is 3.35. The summed E-state index contributed by atoms with van der Waals surface area (Å²) in [6.07, 6.45) is 1.75. The first-order chi connectivity index (χ1) is 12.6. The molecule has 0 saturated carbocycles. The number of amides is 1. The van der Waals surface area contributed by atoms with Gasteiger partial charge in [0.15, 0.2) is 0 Å². The van der Waals surface area contributed by atoms with Gasteiger partial charge >= 0.3 is 0 Å². The van der Waals surface area contributed by atoms with Crippen molar-refractivity contribution in [2.45, 2.75) is 25.0 Å². The van der Waals surface area contributed by atoms with Gasteiger partial charge in [-0.2, -0.15) is 0 Å². The van der Waals surface area contributed by atoms with Gasteiger partial charge in [-0.25, -0.2) is 4.39 Å². The van der Waals surface area contributed by atoms with E-state index >= 15 is 0 Å². The Hall–Kier alpha value is -2.24. The molecule has 0 aliphatic carbocycles. The molecule has 4 nitrogen and oxygen atoms in total. The van der Waals surface area contributed by atoms with E-state index in [2.05, 4.69) is 29.2 Å². The van der Waals surface area contributed by atoms with Crippen molar-refractivity contribution >= 4 is 11.6 Å².